The van der Waals surface area contributed by atoms with Crippen molar-refractivity contribution in [1.29, 1.82) is 0 Å². The van der Waals surface area contributed by atoms with E-state index in [0.29, 0.717) is 17.9 Å². The van der Waals surface area contributed by atoms with Crippen molar-refractivity contribution in [3.63, 3.8) is 0 Å². The molecule has 0 saturated carbocycles. The summed E-state index contributed by atoms with van der Waals surface area (Å²) in [6.45, 7) is 6.77. The van der Waals surface area contributed by atoms with Crippen molar-refractivity contribution < 1.29 is 23.4 Å². The Morgan fingerprint density at radius 3 is 2.33 bits per heavy atom. The van der Waals surface area contributed by atoms with Gasteiger partial charge in [0.15, 0.2) is 6.29 Å². The number of alkyl halides is 1. The molecule has 1 rings (SSSR count). The van der Waals surface area contributed by atoms with E-state index in [1.165, 1.54) is 0 Å². The molecule has 0 heterocycles. The van der Waals surface area contributed by atoms with Crippen molar-refractivity contribution in [3.8, 4) is 11.5 Å². The van der Waals surface area contributed by atoms with Crippen LogP contribution in [0.15, 0.2) is 24.3 Å². The fraction of sp³-hybridized carbons (Fsp3) is 0.562. The van der Waals surface area contributed by atoms with Gasteiger partial charge in [-0.1, -0.05) is 6.92 Å². The highest BCUT2D eigenvalue weighted by Gasteiger charge is 2.27. The summed E-state index contributed by atoms with van der Waals surface area (Å²) in [5.41, 5.74) is -0.510. The summed E-state index contributed by atoms with van der Waals surface area (Å²) in [7, 11) is 0. The fourth-order valence-electron chi connectivity index (χ4n) is 1.41. The number of hydrogen-bond acceptors (Lipinski definition) is 4. The molecule has 0 aromatic heterocycles. The Hall–Kier alpha value is -1.62. The van der Waals surface area contributed by atoms with Gasteiger partial charge >= 0.3 is 5.97 Å². The predicted octanol–water partition coefficient (Wildman–Crippen LogP) is 3.74. The smallest absolute Gasteiger partial charge is 0.316 e. The largest absolute Gasteiger partial charge is 0.465 e. The highest BCUT2D eigenvalue weighted by atomic mass is 19.1. The van der Waals surface area contributed by atoms with E-state index < -0.39 is 18.4 Å². The molecule has 0 fully saturated rings. The molecule has 0 spiro atoms. The molecule has 1 aromatic rings. The first-order chi connectivity index (χ1) is 9.89. The lowest BCUT2D eigenvalue weighted by molar-refractivity contribution is -0.144. The van der Waals surface area contributed by atoms with E-state index in [1.807, 2.05) is 20.8 Å². The Labute approximate surface area is 125 Å². The van der Waals surface area contributed by atoms with Crippen LogP contribution in [-0.2, 0) is 9.53 Å². The van der Waals surface area contributed by atoms with Crippen LogP contribution < -0.4 is 9.47 Å². The Morgan fingerprint density at radius 1 is 1.24 bits per heavy atom. The monoisotopic (exact) mass is 298 g/mol. The van der Waals surface area contributed by atoms with Crippen LogP contribution in [0.1, 0.15) is 34.1 Å². The second-order valence-corrected chi connectivity index (χ2v) is 5.34. The topological polar surface area (TPSA) is 44.8 Å². The minimum Gasteiger partial charge on any atom is -0.465 e. The molecule has 0 amide bonds. The van der Waals surface area contributed by atoms with Gasteiger partial charge in [-0.15, -0.1) is 0 Å². The molecule has 21 heavy (non-hydrogen) atoms. The zero-order valence-electron chi connectivity index (χ0n) is 13.0. The van der Waals surface area contributed by atoms with E-state index in [1.54, 1.807) is 31.2 Å². The third-order valence-electron chi connectivity index (χ3n) is 3.20. The van der Waals surface area contributed by atoms with Gasteiger partial charge in [0.25, 0.3) is 0 Å². The number of halogens is 1. The van der Waals surface area contributed by atoms with Crippen LogP contribution in [0.25, 0.3) is 0 Å². The maximum absolute atomic E-state index is 12.0. The van der Waals surface area contributed by atoms with Gasteiger partial charge in [-0.2, -0.15) is 0 Å². The van der Waals surface area contributed by atoms with Crippen molar-refractivity contribution >= 4 is 5.97 Å². The first kappa shape index (κ1) is 17.4. The summed E-state index contributed by atoms with van der Waals surface area (Å²) in [6.07, 6.45) is 0.171. The highest BCUT2D eigenvalue weighted by molar-refractivity contribution is 5.78. The lowest BCUT2D eigenvalue weighted by Gasteiger charge is -2.20. The maximum Gasteiger partial charge on any atom is 0.316 e. The summed E-state index contributed by atoms with van der Waals surface area (Å²) < 4.78 is 27.8. The van der Waals surface area contributed by atoms with Crippen molar-refractivity contribution in [3.05, 3.63) is 24.3 Å². The highest BCUT2D eigenvalue weighted by Crippen LogP contribution is 2.25. The maximum atomic E-state index is 12.0. The average Bonchev–Trinajstić information content (AvgIpc) is 2.47. The molecular weight excluding hydrogens is 275 g/mol. The summed E-state index contributed by atoms with van der Waals surface area (Å²) in [5.74, 6) is 0.764. The zero-order valence-corrected chi connectivity index (χ0v) is 13.0. The van der Waals surface area contributed by atoms with Crippen LogP contribution in [0.2, 0.25) is 0 Å². The van der Waals surface area contributed by atoms with Gasteiger partial charge < -0.3 is 14.2 Å². The van der Waals surface area contributed by atoms with Crippen LogP contribution in [0.4, 0.5) is 4.39 Å². The van der Waals surface area contributed by atoms with Crippen molar-refractivity contribution in [2.24, 2.45) is 5.41 Å². The first-order valence-electron chi connectivity index (χ1n) is 7.05. The van der Waals surface area contributed by atoms with E-state index in [9.17, 15) is 9.18 Å². The lowest BCUT2D eigenvalue weighted by atomic mass is 9.91. The zero-order chi connectivity index (χ0) is 15.9. The molecule has 0 bridgehead atoms. The van der Waals surface area contributed by atoms with Gasteiger partial charge in [0.2, 0.25) is 0 Å². The molecule has 1 aromatic carbocycles. The Bertz CT molecular complexity index is 442. The van der Waals surface area contributed by atoms with E-state index >= 15 is 0 Å². The average molecular weight is 298 g/mol. The second-order valence-electron chi connectivity index (χ2n) is 5.34. The van der Waals surface area contributed by atoms with Gasteiger partial charge in [-0.25, -0.2) is 4.39 Å². The van der Waals surface area contributed by atoms with Gasteiger partial charge in [0.05, 0.1) is 12.0 Å². The minimum absolute atomic E-state index is 0.00294. The fourth-order valence-corrected chi connectivity index (χ4v) is 1.41. The molecule has 4 nitrogen and oxygen atoms in total. The predicted molar refractivity (Wildman–Crippen MR) is 78.2 cm³/mol. The van der Waals surface area contributed by atoms with Gasteiger partial charge in [0.1, 0.15) is 18.2 Å². The number of ether oxygens (including phenoxy) is 3. The second kappa shape index (κ2) is 7.98. The number of esters is 1. The Morgan fingerprint density at radius 2 is 1.81 bits per heavy atom. The van der Waals surface area contributed by atoms with Crippen LogP contribution in [-0.4, -0.2) is 25.5 Å². The van der Waals surface area contributed by atoms with E-state index in [2.05, 4.69) is 0 Å². The number of carbonyl (C=O) groups is 1. The molecule has 118 valence electrons. The molecule has 1 unspecified atom stereocenters. The number of hydrogen-bond donors (Lipinski definition) is 0. The van der Waals surface area contributed by atoms with Crippen LogP contribution in [0.5, 0.6) is 11.5 Å². The summed E-state index contributed by atoms with van der Waals surface area (Å²) in [5, 5.41) is 0. The summed E-state index contributed by atoms with van der Waals surface area (Å²) in [4.78, 5) is 11.9. The molecule has 0 N–H and O–H groups in total. The molecule has 5 heteroatoms. The Balaban J connectivity index is 2.56. The standard InChI is InChI=1S/C16H23FO4/c1-5-16(3,4)15(18)21-14-8-6-13(7-9-14)20-12(2)19-11-10-17/h6-9,12H,5,10-11H2,1-4H3. The van der Waals surface area contributed by atoms with E-state index in [-0.39, 0.29) is 12.6 Å². The number of rotatable bonds is 8. The normalized spacial score (nSPS) is 12.8. The third-order valence-corrected chi connectivity index (χ3v) is 3.20. The van der Waals surface area contributed by atoms with Gasteiger partial charge in [-0.05, 0) is 51.5 Å². The van der Waals surface area contributed by atoms with Crippen molar-refractivity contribution in [2.75, 3.05) is 13.3 Å². The molecule has 0 aliphatic carbocycles. The lowest BCUT2D eigenvalue weighted by Crippen LogP contribution is -2.28. The summed E-state index contributed by atoms with van der Waals surface area (Å²) >= 11 is 0. The molecule has 0 radical (unpaired) electrons. The van der Waals surface area contributed by atoms with Crippen LogP contribution in [0.3, 0.4) is 0 Å². The van der Waals surface area contributed by atoms with E-state index in [0.717, 1.165) is 0 Å². The number of benzene rings is 1. The molecular formula is C16H23FO4. The first-order valence-corrected chi connectivity index (χ1v) is 7.05. The molecule has 0 aliphatic heterocycles. The van der Waals surface area contributed by atoms with Crippen molar-refractivity contribution in [1.82, 2.24) is 0 Å². The molecule has 0 saturated heterocycles. The third kappa shape index (κ3) is 5.71. The van der Waals surface area contributed by atoms with Crippen LogP contribution >= 0.6 is 0 Å². The molecule has 0 aliphatic rings. The Kier molecular flexibility index (Phi) is 6.62. The van der Waals surface area contributed by atoms with E-state index in [4.69, 9.17) is 14.2 Å². The molecule has 1 atom stereocenters. The van der Waals surface area contributed by atoms with Crippen LogP contribution in [0, 0.1) is 5.41 Å². The quantitative estimate of drug-likeness (QED) is 0.416. The van der Waals surface area contributed by atoms with Gasteiger partial charge in [0, 0.05) is 0 Å². The van der Waals surface area contributed by atoms with Crippen molar-refractivity contribution in [2.45, 2.75) is 40.4 Å². The van der Waals surface area contributed by atoms with Gasteiger partial charge in [-0.3, -0.25) is 4.79 Å². The SMILES string of the molecule is CCC(C)(C)C(=O)Oc1ccc(OC(C)OCCF)cc1. The summed E-state index contributed by atoms with van der Waals surface area (Å²) in [6, 6.07) is 6.66. The minimum atomic E-state index is -0.546. The number of carbonyl (C=O) groups excluding carboxylic acids is 1.